The normalized spacial score (nSPS) is 10.6. The maximum atomic E-state index is 12.0. The molecule has 3 rings (SSSR count). The van der Waals surface area contributed by atoms with Crippen LogP contribution in [0.25, 0.3) is 4.96 Å². The Morgan fingerprint density at radius 2 is 2.36 bits per heavy atom. The number of anilines is 1. The molecule has 0 unspecified atom stereocenters. The summed E-state index contributed by atoms with van der Waals surface area (Å²) in [5.41, 5.74) is 7.02. The minimum Gasteiger partial charge on any atom is -0.297 e. The molecule has 0 fully saturated rings. The molecular weight excluding hydrogens is 302 g/mol. The van der Waals surface area contributed by atoms with Gasteiger partial charge in [0, 0.05) is 24.8 Å². The van der Waals surface area contributed by atoms with Crippen molar-refractivity contribution in [3.8, 4) is 6.07 Å². The Labute approximate surface area is 130 Å². The summed E-state index contributed by atoms with van der Waals surface area (Å²) < 4.78 is 3.39. The van der Waals surface area contributed by atoms with Crippen LogP contribution in [0.1, 0.15) is 17.0 Å². The van der Waals surface area contributed by atoms with Crippen molar-refractivity contribution in [3.63, 3.8) is 0 Å². The molecule has 1 amide bonds. The van der Waals surface area contributed by atoms with Crippen molar-refractivity contribution in [3.05, 3.63) is 34.7 Å². The summed E-state index contributed by atoms with van der Waals surface area (Å²) in [5.74, 6) is 0.215. The number of hydrogen-bond acceptors (Lipinski definition) is 6. The fraction of sp³-hybridized carbons (Fsp3) is 0.231. The number of hydrogen-bond donors (Lipinski definition) is 2. The van der Waals surface area contributed by atoms with Crippen LogP contribution in [-0.2, 0) is 18.3 Å². The summed E-state index contributed by atoms with van der Waals surface area (Å²) in [6, 6.07) is 2.06. The van der Waals surface area contributed by atoms with E-state index in [1.54, 1.807) is 14.0 Å². The van der Waals surface area contributed by atoms with Crippen LogP contribution in [0.5, 0.6) is 0 Å². The highest BCUT2D eigenvalue weighted by Gasteiger charge is 2.14. The first kappa shape index (κ1) is 14.1. The monoisotopic (exact) mass is 315 g/mol. The van der Waals surface area contributed by atoms with Gasteiger partial charge in [-0.05, 0) is 6.92 Å². The van der Waals surface area contributed by atoms with E-state index in [0.717, 1.165) is 4.96 Å². The standard InChI is InChI=1S/C13H13N7OS/c1-8-10(6-14)12(19(2)18-8)17-16-11(21)5-9-7-20-3-4-22-13(20)15-9/h3-4,7,17H,5H2,1-2H3,(H,16,21). The number of imidazole rings is 1. The van der Waals surface area contributed by atoms with Crippen molar-refractivity contribution in [2.45, 2.75) is 13.3 Å². The lowest BCUT2D eigenvalue weighted by Gasteiger charge is -2.08. The summed E-state index contributed by atoms with van der Waals surface area (Å²) in [5, 5.41) is 15.2. The van der Waals surface area contributed by atoms with E-state index in [9.17, 15) is 4.79 Å². The molecule has 0 atom stereocenters. The second-order valence-electron chi connectivity index (χ2n) is 4.72. The van der Waals surface area contributed by atoms with E-state index in [-0.39, 0.29) is 12.3 Å². The Balaban J connectivity index is 1.65. The molecule has 2 N–H and O–H groups in total. The molecule has 3 aromatic rings. The van der Waals surface area contributed by atoms with Gasteiger partial charge < -0.3 is 0 Å². The average molecular weight is 315 g/mol. The lowest BCUT2D eigenvalue weighted by atomic mass is 10.3. The van der Waals surface area contributed by atoms with Crippen LogP contribution in [0, 0.1) is 18.3 Å². The van der Waals surface area contributed by atoms with Crippen molar-refractivity contribution in [1.29, 1.82) is 5.26 Å². The predicted molar refractivity (Wildman–Crippen MR) is 81.2 cm³/mol. The van der Waals surface area contributed by atoms with Crippen molar-refractivity contribution < 1.29 is 4.79 Å². The van der Waals surface area contributed by atoms with Crippen molar-refractivity contribution in [2.24, 2.45) is 7.05 Å². The number of carbonyl (C=O) groups excluding carboxylic acids is 1. The molecule has 9 heteroatoms. The topological polar surface area (TPSA) is 100 Å². The third-order valence-corrected chi connectivity index (χ3v) is 3.91. The van der Waals surface area contributed by atoms with Crippen molar-refractivity contribution >= 4 is 28.0 Å². The van der Waals surface area contributed by atoms with Gasteiger partial charge in [-0.1, -0.05) is 0 Å². The van der Waals surface area contributed by atoms with Gasteiger partial charge in [0.25, 0.3) is 0 Å². The number of fused-ring (bicyclic) bond motifs is 1. The SMILES string of the molecule is Cc1nn(C)c(NNC(=O)Cc2cn3ccsc3n2)c1C#N. The van der Waals surface area contributed by atoms with Crippen LogP contribution in [0.3, 0.4) is 0 Å². The Bertz CT molecular complexity index is 854. The van der Waals surface area contributed by atoms with Gasteiger partial charge in [0.2, 0.25) is 5.91 Å². The predicted octanol–water partition coefficient (Wildman–Crippen LogP) is 0.995. The smallest absolute Gasteiger partial charge is 0.244 e. The highest BCUT2D eigenvalue weighted by atomic mass is 32.1. The van der Waals surface area contributed by atoms with E-state index in [0.29, 0.717) is 22.8 Å². The number of nitrogens with one attached hydrogen (secondary N) is 2. The first-order chi connectivity index (χ1) is 10.6. The van der Waals surface area contributed by atoms with Gasteiger partial charge >= 0.3 is 0 Å². The molecule has 0 aliphatic carbocycles. The molecule has 0 saturated heterocycles. The van der Waals surface area contributed by atoms with Gasteiger partial charge in [-0.2, -0.15) is 10.4 Å². The molecule has 22 heavy (non-hydrogen) atoms. The molecule has 112 valence electrons. The first-order valence-electron chi connectivity index (χ1n) is 6.48. The van der Waals surface area contributed by atoms with E-state index in [2.05, 4.69) is 27.0 Å². The number of nitrogens with zero attached hydrogens (tertiary/aromatic N) is 5. The second kappa shape index (κ2) is 5.50. The van der Waals surface area contributed by atoms with Gasteiger partial charge in [-0.25, -0.2) is 4.98 Å². The zero-order valence-electron chi connectivity index (χ0n) is 12.0. The van der Waals surface area contributed by atoms with Gasteiger partial charge in [0.15, 0.2) is 10.8 Å². The molecule has 0 aromatic carbocycles. The van der Waals surface area contributed by atoms with Crippen molar-refractivity contribution in [2.75, 3.05) is 5.43 Å². The highest BCUT2D eigenvalue weighted by molar-refractivity contribution is 7.15. The van der Waals surface area contributed by atoms with E-state index < -0.39 is 0 Å². The van der Waals surface area contributed by atoms with Crippen LogP contribution >= 0.6 is 11.3 Å². The third kappa shape index (κ3) is 2.51. The lowest BCUT2D eigenvalue weighted by Crippen LogP contribution is -2.32. The maximum absolute atomic E-state index is 12.0. The number of aryl methyl sites for hydroxylation is 2. The van der Waals surface area contributed by atoms with Crippen LogP contribution in [0.4, 0.5) is 5.82 Å². The Kier molecular flexibility index (Phi) is 3.52. The summed E-state index contributed by atoms with van der Waals surface area (Å²) in [7, 11) is 1.70. The summed E-state index contributed by atoms with van der Waals surface area (Å²) >= 11 is 1.51. The number of amides is 1. The third-order valence-electron chi connectivity index (χ3n) is 3.14. The van der Waals surface area contributed by atoms with E-state index >= 15 is 0 Å². The largest absolute Gasteiger partial charge is 0.297 e. The van der Waals surface area contributed by atoms with E-state index in [1.165, 1.54) is 16.0 Å². The molecule has 0 spiro atoms. The Morgan fingerprint density at radius 1 is 1.55 bits per heavy atom. The number of nitriles is 1. The fourth-order valence-corrected chi connectivity index (χ4v) is 2.85. The summed E-state index contributed by atoms with van der Waals surface area (Å²) in [6.07, 6.45) is 3.87. The summed E-state index contributed by atoms with van der Waals surface area (Å²) in [4.78, 5) is 17.2. The summed E-state index contributed by atoms with van der Waals surface area (Å²) in [6.45, 7) is 1.74. The van der Waals surface area contributed by atoms with Gasteiger partial charge in [0.1, 0.15) is 11.6 Å². The molecule has 3 heterocycles. The number of aromatic nitrogens is 4. The fourth-order valence-electron chi connectivity index (χ4n) is 2.13. The zero-order valence-corrected chi connectivity index (χ0v) is 12.8. The Hall–Kier alpha value is -2.86. The zero-order chi connectivity index (χ0) is 15.7. The van der Waals surface area contributed by atoms with E-state index in [4.69, 9.17) is 5.26 Å². The molecule has 8 nitrogen and oxygen atoms in total. The number of carbonyl (C=O) groups is 1. The minimum absolute atomic E-state index is 0.153. The van der Waals surface area contributed by atoms with Crippen molar-refractivity contribution in [1.82, 2.24) is 24.6 Å². The van der Waals surface area contributed by atoms with Gasteiger partial charge in [0.05, 0.1) is 17.8 Å². The number of thiazole rings is 1. The van der Waals surface area contributed by atoms with Gasteiger partial charge in [-0.15, -0.1) is 11.3 Å². The van der Waals surface area contributed by atoms with Crippen LogP contribution < -0.4 is 10.9 Å². The molecule has 0 saturated carbocycles. The van der Waals surface area contributed by atoms with Gasteiger partial charge in [-0.3, -0.25) is 24.7 Å². The molecule has 0 aliphatic heterocycles. The Morgan fingerprint density at radius 3 is 3.09 bits per heavy atom. The number of hydrazine groups is 1. The molecular formula is C13H13N7OS. The minimum atomic E-state index is -0.242. The van der Waals surface area contributed by atoms with Crippen LogP contribution in [0.15, 0.2) is 17.8 Å². The highest BCUT2D eigenvalue weighted by Crippen LogP contribution is 2.16. The quantitative estimate of drug-likeness (QED) is 0.700. The molecule has 0 radical (unpaired) electrons. The lowest BCUT2D eigenvalue weighted by molar-refractivity contribution is -0.120. The first-order valence-corrected chi connectivity index (χ1v) is 7.36. The van der Waals surface area contributed by atoms with Crippen LogP contribution in [0.2, 0.25) is 0 Å². The molecule has 3 aromatic heterocycles. The second-order valence-corrected chi connectivity index (χ2v) is 5.59. The number of rotatable bonds is 4. The molecule has 0 bridgehead atoms. The van der Waals surface area contributed by atoms with E-state index in [1.807, 2.05) is 22.2 Å². The van der Waals surface area contributed by atoms with Crippen LogP contribution in [-0.4, -0.2) is 25.1 Å². The maximum Gasteiger partial charge on any atom is 0.244 e. The molecule has 0 aliphatic rings. The average Bonchev–Trinajstić information content (AvgIpc) is 3.10.